The van der Waals surface area contributed by atoms with E-state index >= 15 is 0 Å². The van der Waals surface area contributed by atoms with Crippen molar-refractivity contribution < 1.29 is 9.13 Å². The highest BCUT2D eigenvalue weighted by Gasteiger charge is 2.22. The quantitative estimate of drug-likeness (QED) is 0.774. The molecule has 4 heteroatoms. The van der Waals surface area contributed by atoms with Crippen LogP contribution in [0.2, 0.25) is 5.02 Å². The first kappa shape index (κ1) is 16.4. The third kappa shape index (κ3) is 4.75. The van der Waals surface area contributed by atoms with E-state index < -0.39 is 0 Å². The molecule has 0 heterocycles. The molecular weight excluding hydrogens is 265 g/mol. The largest absolute Gasteiger partial charge is 0.385 e. The lowest BCUT2D eigenvalue weighted by Gasteiger charge is -2.26. The Bertz CT molecular complexity index is 386. The van der Waals surface area contributed by atoms with Gasteiger partial charge in [0.2, 0.25) is 0 Å². The van der Waals surface area contributed by atoms with Gasteiger partial charge in [-0.2, -0.15) is 0 Å². The molecular formula is C15H23ClFNO. The highest BCUT2D eigenvalue weighted by molar-refractivity contribution is 6.30. The predicted octanol–water partition coefficient (Wildman–Crippen LogP) is 4.19. The van der Waals surface area contributed by atoms with Crippen molar-refractivity contribution in [3.8, 4) is 0 Å². The van der Waals surface area contributed by atoms with Crippen LogP contribution in [0, 0.1) is 11.7 Å². The Morgan fingerprint density at radius 2 is 2.16 bits per heavy atom. The molecule has 0 saturated carbocycles. The Kier molecular flexibility index (Phi) is 7.36. The van der Waals surface area contributed by atoms with Gasteiger partial charge in [-0.3, -0.25) is 0 Å². The Hall–Kier alpha value is -0.640. The van der Waals surface area contributed by atoms with Gasteiger partial charge in [0.05, 0.1) is 5.02 Å². The van der Waals surface area contributed by atoms with E-state index in [2.05, 4.69) is 19.2 Å². The zero-order chi connectivity index (χ0) is 14.3. The maximum absolute atomic E-state index is 14.2. The number of halogens is 2. The molecule has 2 unspecified atom stereocenters. The molecule has 108 valence electrons. The van der Waals surface area contributed by atoms with Crippen LogP contribution in [0.3, 0.4) is 0 Å². The molecule has 0 amide bonds. The van der Waals surface area contributed by atoms with Gasteiger partial charge in [-0.1, -0.05) is 37.6 Å². The summed E-state index contributed by atoms with van der Waals surface area (Å²) in [6.07, 6.45) is 1.89. The summed E-state index contributed by atoms with van der Waals surface area (Å²) in [6.45, 7) is 5.73. The number of methoxy groups -OCH3 is 1. The molecule has 19 heavy (non-hydrogen) atoms. The zero-order valence-corrected chi connectivity index (χ0v) is 12.6. The van der Waals surface area contributed by atoms with E-state index in [0.29, 0.717) is 12.2 Å². The second-order valence-corrected chi connectivity index (χ2v) is 5.24. The van der Waals surface area contributed by atoms with E-state index in [1.807, 2.05) is 0 Å². The van der Waals surface area contributed by atoms with Crippen LogP contribution in [-0.4, -0.2) is 20.3 Å². The van der Waals surface area contributed by atoms with Gasteiger partial charge >= 0.3 is 0 Å². The molecule has 1 rings (SSSR count). The first-order valence-electron chi connectivity index (χ1n) is 6.78. The van der Waals surface area contributed by atoms with Crippen molar-refractivity contribution in [1.29, 1.82) is 0 Å². The Morgan fingerprint density at radius 3 is 2.79 bits per heavy atom. The number of hydrogen-bond acceptors (Lipinski definition) is 2. The smallest absolute Gasteiger partial charge is 0.146 e. The molecule has 0 radical (unpaired) electrons. The second-order valence-electron chi connectivity index (χ2n) is 4.83. The number of hydrogen-bond donors (Lipinski definition) is 1. The van der Waals surface area contributed by atoms with Gasteiger partial charge in [-0.15, -0.1) is 0 Å². The number of nitrogens with one attached hydrogen (secondary N) is 1. The highest BCUT2D eigenvalue weighted by atomic mass is 35.5. The van der Waals surface area contributed by atoms with Gasteiger partial charge in [0.15, 0.2) is 0 Å². The van der Waals surface area contributed by atoms with Crippen LogP contribution < -0.4 is 5.32 Å². The second kappa shape index (κ2) is 8.51. The summed E-state index contributed by atoms with van der Waals surface area (Å²) in [5, 5.41) is 3.59. The SMILES string of the molecule is CCCNC(c1cccc(Cl)c1F)C(C)CCOC. The molecule has 0 aliphatic rings. The van der Waals surface area contributed by atoms with Crippen LogP contribution in [0.15, 0.2) is 18.2 Å². The van der Waals surface area contributed by atoms with E-state index in [-0.39, 0.29) is 22.8 Å². The van der Waals surface area contributed by atoms with E-state index in [1.165, 1.54) is 0 Å². The van der Waals surface area contributed by atoms with E-state index in [1.54, 1.807) is 25.3 Å². The van der Waals surface area contributed by atoms with E-state index in [4.69, 9.17) is 16.3 Å². The van der Waals surface area contributed by atoms with Crippen LogP contribution in [0.5, 0.6) is 0 Å². The summed E-state index contributed by atoms with van der Waals surface area (Å²) in [4.78, 5) is 0. The summed E-state index contributed by atoms with van der Waals surface area (Å²) in [6, 6.07) is 5.15. The Labute approximate surface area is 120 Å². The van der Waals surface area contributed by atoms with Gasteiger partial charge in [0.1, 0.15) is 5.82 Å². The van der Waals surface area contributed by atoms with Crippen molar-refractivity contribution in [2.24, 2.45) is 5.92 Å². The minimum atomic E-state index is -0.318. The topological polar surface area (TPSA) is 21.3 Å². The monoisotopic (exact) mass is 287 g/mol. The Balaban J connectivity index is 2.91. The molecule has 0 aliphatic heterocycles. The minimum Gasteiger partial charge on any atom is -0.385 e. The number of benzene rings is 1. The average molecular weight is 288 g/mol. The van der Waals surface area contributed by atoms with Crippen molar-refractivity contribution in [1.82, 2.24) is 5.32 Å². The predicted molar refractivity (Wildman–Crippen MR) is 78.1 cm³/mol. The van der Waals surface area contributed by atoms with Crippen LogP contribution >= 0.6 is 11.6 Å². The summed E-state index contributed by atoms with van der Waals surface area (Å²) in [7, 11) is 1.68. The summed E-state index contributed by atoms with van der Waals surface area (Å²) >= 11 is 5.87. The molecule has 2 atom stereocenters. The number of ether oxygens (including phenoxy) is 1. The van der Waals surface area contributed by atoms with Crippen molar-refractivity contribution >= 4 is 11.6 Å². The van der Waals surface area contributed by atoms with Gasteiger partial charge < -0.3 is 10.1 Å². The van der Waals surface area contributed by atoms with Crippen LogP contribution in [0.1, 0.15) is 38.3 Å². The molecule has 0 aromatic heterocycles. The fraction of sp³-hybridized carbons (Fsp3) is 0.600. The molecule has 0 saturated heterocycles. The summed E-state index contributed by atoms with van der Waals surface area (Å²) in [5.41, 5.74) is 0.643. The van der Waals surface area contributed by atoms with Gasteiger partial charge in [-0.05, 0) is 31.4 Å². The van der Waals surface area contributed by atoms with Crippen molar-refractivity contribution in [3.63, 3.8) is 0 Å². The lowest BCUT2D eigenvalue weighted by atomic mass is 9.91. The molecule has 1 aromatic carbocycles. The lowest BCUT2D eigenvalue weighted by molar-refractivity contribution is 0.169. The third-order valence-corrected chi connectivity index (χ3v) is 3.57. The normalized spacial score (nSPS) is 14.4. The van der Waals surface area contributed by atoms with Crippen molar-refractivity contribution in [3.05, 3.63) is 34.6 Å². The van der Waals surface area contributed by atoms with Gasteiger partial charge in [0, 0.05) is 25.3 Å². The van der Waals surface area contributed by atoms with E-state index in [9.17, 15) is 4.39 Å². The zero-order valence-electron chi connectivity index (χ0n) is 11.9. The first-order valence-corrected chi connectivity index (χ1v) is 7.15. The van der Waals surface area contributed by atoms with Crippen LogP contribution in [0.4, 0.5) is 4.39 Å². The fourth-order valence-corrected chi connectivity index (χ4v) is 2.33. The lowest BCUT2D eigenvalue weighted by Crippen LogP contribution is -2.29. The van der Waals surface area contributed by atoms with Crippen molar-refractivity contribution in [2.45, 2.75) is 32.7 Å². The molecule has 1 N–H and O–H groups in total. The summed E-state index contributed by atoms with van der Waals surface area (Å²) < 4.78 is 19.3. The first-order chi connectivity index (χ1) is 9.11. The average Bonchev–Trinajstić information content (AvgIpc) is 2.41. The molecule has 2 nitrogen and oxygen atoms in total. The molecule has 0 bridgehead atoms. The van der Waals surface area contributed by atoms with Gasteiger partial charge in [0.25, 0.3) is 0 Å². The minimum absolute atomic E-state index is 0.0335. The van der Waals surface area contributed by atoms with Crippen molar-refractivity contribution in [2.75, 3.05) is 20.3 Å². The third-order valence-electron chi connectivity index (χ3n) is 3.28. The summed E-state index contributed by atoms with van der Waals surface area (Å²) in [5.74, 6) is -0.0403. The molecule has 1 aromatic rings. The fourth-order valence-electron chi connectivity index (χ4n) is 2.15. The van der Waals surface area contributed by atoms with Gasteiger partial charge in [-0.25, -0.2) is 4.39 Å². The number of rotatable bonds is 8. The molecule has 0 fully saturated rings. The maximum Gasteiger partial charge on any atom is 0.146 e. The molecule has 0 aliphatic carbocycles. The molecule has 0 spiro atoms. The van der Waals surface area contributed by atoms with Crippen LogP contribution in [0.25, 0.3) is 0 Å². The standard InChI is InChI=1S/C15H23ClFNO/c1-4-9-18-15(11(2)8-10-19-3)12-6-5-7-13(16)14(12)17/h5-7,11,15,18H,4,8-10H2,1-3H3. The Morgan fingerprint density at radius 1 is 1.42 bits per heavy atom. The van der Waals surface area contributed by atoms with Crippen LogP contribution in [-0.2, 0) is 4.74 Å². The van der Waals surface area contributed by atoms with E-state index in [0.717, 1.165) is 19.4 Å². The maximum atomic E-state index is 14.2. The highest BCUT2D eigenvalue weighted by Crippen LogP contribution is 2.29.